The zero-order valence-corrected chi connectivity index (χ0v) is 16.0. The maximum absolute atomic E-state index is 10.1. The zero-order valence-electron chi connectivity index (χ0n) is 16.0. The van der Waals surface area contributed by atoms with Crippen LogP contribution in [0.4, 0.5) is 0 Å². The number of phenolic OH excluding ortho intramolecular Hbond substituents is 3. The van der Waals surface area contributed by atoms with E-state index >= 15 is 0 Å². The predicted molar refractivity (Wildman–Crippen MR) is 109 cm³/mol. The molecule has 1 unspecified atom stereocenters. The van der Waals surface area contributed by atoms with E-state index in [1.165, 1.54) is 0 Å². The summed E-state index contributed by atoms with van der Waals surface area (Å²) in [5.74, 6) is 1.01. The number of phenols is 3. The van der Waals surface area contributed by atoms with Crippen LogP contribution in [0.25, 0.3) is 0 Å². The lowest BCUT2D eigenvalue weighted by Gasteiger charge is -2.30. The van der Waals surface area contributed by atoms with Crippen LogP contribution in [0.5, 0.6) is 17.2 Å². The minimum Gasteiger partial charge on any atom is -0.508 e. The minimum atomic E-state index is -0.272. The molecule has 27 heavy (non-hydrogen) atoms. The monoisotopic (exact) mass is 362 g/mol. The van der Waals surface area contributed by atoms with Crippen molar-refractivity contribution in [3.63, 3.8) is 0 Å². The summed E-state index contributed by atoms with van der Waals surface area (Å²) in [6.45, 7) is 6.45. The van der Waals surface area contributed by atoms with Crippen LogP contribution in [0.15, 0.2) is 66.7 Å². The molecule has 0 bridgehead atoms. The fourth-order valence-corrected chi connectivity index (χ4v) is 3.64. The van der Waals surface area contributed by atoms with Crippen LogP contribution in [0.2, 0.25) is 0 Å². The second kappa shape index (κ2) is 7.36. The van der Waals surface area contributed by atoms with E-state index in [2.05, 4.69) is 20.8 Å². The van der Waals surface area contributed by atoms with Crippen molar-refractivity contribution in [2.45, 2.75) is 38.5 Å². The summed E-state index contributed by atoms with van der Waals surface area (Å²) in [7, 11) is 0. The van der Waals surface area contributed by atoms with Gasteiger partial charge in [-0.25, -0.2) is 0 Å². The highest BCUT2D eigenvalue weighted by Crippen LogP contribution is 2.37. The molecule has 0 radical (unpaired) electrons. The topological polar surface area (TPSA) is 60.7 Å². The third kappa shape index (κ3) is 4.08. The van der Waals surface area contributed by atoms with Crippen LogP contribution in [-0.2, 0) is 11.8 Å². The van der Waals surface area contributed by atoms with Gasteiger partial charge < -0.3 is 15.3 Å². The van der Waals surface area contributed by atoms with E-state index in [-0.39, 0.29) is 28.6 Å². The quantitative estimate of drug-likeness (QED) is 0.563. The molecule has 3 aromatic carbocycles. The molecular formula is C24H26O3. The van der Waals surface area contributed by atoms with E-state index in [9.17, 15) is 15.3 Å². The molecule has 0 saturated carbocycles. The molecule has 0 spiro atoms. The first-order valence-corrected chi connectivity index (χ1v) is 9.18. The summed E-state index contributed by atoms with van der Waals surface area (Å²) in [4.78, 5) is 0. The van der Waals surface area contributed by atoms with Crippen molar-refractivity contribution in [2.24, 2.45) is 0 Å². The summed E-state index contributed by atoms with van der Waals surface area (Å²) < 4.78 is 0. The van der Waals surface area contributed by atoms with E-state index in [0.717, 1.165) is 28.7 Å². The molecule has 0 aliphatic heterocycles. The number of aromatic hydroxyl groups is 3. The average molecular weight is 362 g/mol. The molecule has 0 fully saturated rings. The highest BCUT2D eigenvalue weighted by Gasteiger charge is 2.26. The van der Waals surface area contributed by atoms with E-state index in [0.29, 0.717) is 0 Å². The minimum absolute atomic E-state index is 0.238. The fourth-order valence-electron chi connectivity index (χ4n) is 3.64. The lowest BCUT2D eigenvalue weighted by molar-refractivity contribution is 0.472. The number of hydrogen-bond donors (Lipinski definition) is 3. The SMILES string of the molecule is CC(Cc1cc(O)ccc1C(C)(C)c1ccc(O)cc1)c1ccc(O)cc1. The number of hydrogen-bond acceptors (Lipinski definition) is 3. The number of rotatable bonds is 5. The molecule has 3 rings (SSSR count). The van der Waals surface area contributed by atoms with Crippen LogP contribution < -0.4 is 0 Å². The van der Waals surface area contributed by atoms with Crippen LogP contribution in [0.3, 0.4) is 0 Å². The lowest BCUT2D eigenvalue weighted by Crippen LogP contribution is -2.21. The first-order valence-electron chi connectivity index (χ1n) is 9.18. The van der Waals surface area contributed by atoms with Crippen molar-refractivity contribution in [3.8, 4) is 17.2 Å². The van der Waals surface area contributed by atoms with Gasteiger partial charge in [0.15, 0.2) is 0 Å². The molecule has 3 N–H and O–H groups in total. The van der Waals surface area contributed by atoms with Gasteiger partial charge in [0, 0.05) is 5.41 Å². The van der Waals surface area contributed by atoms with Gasteiger partial charge in [0.2, 0.25) is 0 Å². The Morgan fingerprint density at radius 1 is 0.741 bits per heavy atom. The molecular weight excluding hydrogens is 336 g/mol. The molecule has 0 amide bonds. The highest BCUT2D eigenvalue weighted by molar-refractivity contribution is 5.47. The Hall–Kier alpha value is -2.94. The number of benzene rings is 3. The Balaban J connectivity index is 1.97. The normalized spacial score (nSPS) is 12.7. The van der Waals surface area contributed by atoms with Crippen molar-refractivity contribution in [1.82, 2.24) is 0 Å². The second-order valence-corrected chi connectivity index (χ2v) is 7.71. The molecule has 3 nitrogen and oxygen atoms in total. The average Bonchev–Trinajstić information content (AvgIpc) is 2.62. The Morgan fingerprint density at radius 3 is 1.85 bits per heavy atom. The third-order valence-electron chi connectivity index (χ3n) is 5.34. The highest BCUT2D eigenvalue weighted by atomic mass is 16.3. The molecule has 3 aromatic rings. The summed E-state index contributed by atoms with van der Waals surface area (Å²) in [5, 5.41) is 29.2. The van der Waals surface area contributed by atoms with Gasteiger partial charge in [-0.05, 0) is 71.0 Å². The molecule has 0 aliphatic carbocycles. The maximum Gasteiger partial charge on any atom is 0.115 e. The van der Waals surface area contributed by atoms with Gasteiger partial charge >= 0.3 is 0 Å². The molecule has 1 atom stereocenters. The molecule has 0 saturated heterocycles. The lowest BCUT2D eigenvalue weighted by atomic mass is 9.74. The molecule has 0 aliphatic rings. The predicted octanol–water partition coefficient (Wildman–Crippen LogP) is 5.48. The molecule has 3 heteroatoms. The second-order valence-electron chi connectivity index (χ2n) is 7.71. The summed E-state index contributed by atoms with van der Waals surface area (Å²) >= 11 is 0. The van der Waals surface area contributed by atoms with Crippen LogP contribution in [-0.4, -0.2) is 15.3 Å². The standard InChI is InChI=1S/C24H26O3/c1-16(17-4-8-20(25)9-5-17)14-18-15-22(27)12-13-23(18)24(2,3)19-6-10-21(26)11-7-19/h4-13,15-16,25-27H,14H2,1-3H3. The van der Waals surface area contributed by atoms with Crippen LogP contribution in [0.1, 0.15) is 48.9 Å². The van der Waals surface area contributed by atoms with Crippen molar-refractivity contribution < 1.29 is 15.3 Å². The third-order valence-corrected chi connectivity index (χ3v) is 5.34. The van der Waals surface area contributed by atoms with Gasteiger partial charge in [0.1, 0.15) is 17.2 Å². The Morgan fingerprint density at radius 2 is 1.26 bits per heavy atom. The Bertz CT molecular complexity index is 909. The van der Waals surface area contributed by atoms with Gasteiger partial charge in [0.25, 0.3) is 0 Å². The molecule has 0 aromatic heterocycles. The largest absolute Gasteiger partial charge is 0.508 e. The van der Waals surface area contributed by atoms with Crippen molar-refractivity contribution in [3.05, 3.63) is 89.0 Å². The first kappa shape index (κ1) is 18.8. The van der Waals surface area contributed by atoms with Crippen molar-refractivity contribution in [2.75, 3.05) is 0 Å². The van der Waals surface area contributed by atoms with Gasteiger partial charge in [-0.15, -0.1) is 0 Å². The van der Waals surface area contributed by atoms with Crippen molar-refractivity contribution >= 4 is 0 Å². The fraction of sp³-hybridized carbons (Fsp3) is 0.250. The van der Waals surface area contributed by atoms with Crippen LogP contribution >= 0.6 is 0 Å². The Labute approximate surface area is 160 Å². The summed E-state index contributed by atoms with van der Waals surface area (Å²) in [6, 6.07) is 20.1. The first-order chi connectivity index (χ1) is 12.8. The van der Waals surface area contributed by atoms with Gasteiger partial charge in [-0.2, -0.15) is 0 Å². The van der Waals surface area contributed by atoms with E-state index in [4.69, 9.17) is 0 Å². The zero-order chi connectivity index (χ0) is 19.6. The summed E-state index contributed by atoms with van der Waals surface area (Å²) in [5.41, 5.74) is 4.21. The van der Waals surface area contributed by atoms with E-state index < -0.39 is 0 Å². The van der Waals surface area contributed by atoms with E-state index in [1.807, 2.05) is 36.4 Å². The summed E-state index contributed by atoms with van der Waals surface area (Å²) in [6.07, 6.45) is 0.774. The van der Waals surface area contributed by atoms with E-state index in [1.54, 1.807) is 30.3 Å². The smallest absolute Gasteiger partial charge is 0.115 e. The Kier molecular flexibility index (Phi) is 5.13. The van der Waals surface area contributed by atoms with Crippen molar-refractivity contribution in [1.29, 1.82) is 0 Å². The van der Waals surface area contributed by atoms with Gasteiger partial charge in [-0.3, -0.25) is 0 Å². The van der Waals surface area contributed by atoms with Gasteiger partial charge in [-0.1, -0.05) is 51.1 Å². The molecule has 140 valence electrons. The van der Waals surface area contributed by atoms with Gasteiger partial charge in [0.05, 0.1) is 0 Å². The maximum atomic E-state index is 10.1. The molecule has 0 heterocycles. The van der Waals surface area contributed by atoms with Crippen LogP contribution in [0, 0.1) is 0 Å².